The zero-order chi connectivity index (χ0) is 8.55. The third-order valence-corrected chi connectivity index (χ3v) is 1.51. The zero-order valence-corrected chi connectivity index (χ0v) is 6.57. The maximum absolute atomic E-state index is 5.30. The Morgan fingerprint density at radius 3 is 2.75 bits per heavy atom. The van der Waals surface area contributed by atoms with Gasteiger partial charge in [-0.1, -0.05) is 0 Å². The van der Waals surface area contributed by atoms with E-state index in [0.717, 1.165) is 5.76 Å². The Kier molecular flexibility index (Phi) is 1.40. The SMILES string of the molecule is Cc1ccc(-c2coc(N)n2)o1. The van der Waals surface area contributed by atoms with Crippen molar-refractivity contribution in [3.05, 3.63) is 24.2 Å². The predicted octanol–water partition coefficient (Wildman–Crippen LogP) is 1.83. The van der Waals surface area contributed by atoms with E-state index in [4.69, 9.17) is 14.6 Å². The molecule has 2 rings (SSSR count). The Labute approximate surface area is 69.0 Å². The molecule has 4 heteroatoms. The summed E-state index contributed by atoms with van der Waals surface area (Å²) in [6.45, 7) is 1.87. The standard InChI is InChI=1S/C8H8N2O2/c1-5-2-3-7(12-5)6-4-11-8(9)10-6/h2-4H,1H3,(H2,9,10). The van der Waals surface area contributed by atoms with Gasteiger partial charge in [0.1, 0.15) is 17.7 Å². The molecule has 0 fully saturated rings. The first-order valence-electron chi connectivity index (χ1n) is 3.53. The number of nitrogen functional groups attached to an aromatic ring is 1. The molecule has 0 aliphatic rings. The van der Waals surface area contributed by atoms with Gasteiger partial charge in [0.05, 0.1) is 0 Å². The summed E-state index contributed by atoms with van der Waals surface area (Å²) in [4.78, 5) is 3.91. The summed E-state index contributed by atoms with van der Waals surface area (Å²) >= 11 is 0. The fourth-order valence-corrected chi connectivity index (χ4v) is 0.973. The first-order valence-corrected chi connectivity index (χ1v) is 3.53. The summed E-state index contributed by atoms with van der Waals surface area (Å²) < 4.78 is 10.1. The number of nitrogens with zero attached hydrogens (tertiary/aromatic N) is 1. The fraction of sp³-hybridized carbons (Fsp3) is 0.125. The highest BCUT2D eigenvalue weighted by Crippen LogP contribution is 2.21. The number of aryl methyl sites for hydroxylation is 1. The molecule has 0 saturated heterocycles. The lowest BCUT2D eigenvalue weighted by Crippen LogP contribution is -1.82. The number of aromatic nitrogens is 1. The summed E-state index contributed by atoms with van der Waals surface area (Å²) in [6, 6.07) is 3.84. The van der Waals surface area contributed by atoms with Crippen molar-refractivity contribution in [3.63, 3.8) is 0 Å². The van der Waals surface area contributed by atoms with Crippen LogP contribution in [0.2, 0.25) is 0 Å². The minimum atomic E-state index is 0.152. The van der Waals surface area contributed by atoms with E-state index in [2.05, 4.69) is 4.98 Å². The van der Waals surface area contributed by atoms with Crippen molar-refractivity contribution in [2.75, 3.05) is 5.73 Å². The number of hydrogen-bond acceptors (Lipinski definition) is 4. The lowest BCUT2D eigenvalue weighted by molar-refractivity contribution is 0.544. The molecule has 2 aromatic heterocycles. The van der Waals surface area contributed by atoms with Gasteiger partial charge in [-0.2, -0.15) is 4.98 Å². The average molecular weight is 164 g/mol. The van der Waals surface area contributed by atoms with Crippen LogP contribution in [0.1, 0.15) is 5.76 Å². The lowest BCUT2D eigenvalue weighted by atomic mass is 10.4. The van der Waals surface area contributed by atoms with Gasteiger partial charge >= 0.3 is 0 Å². The van der Waals surface area contributed by atoms with Crippen molar-refractivity contribution in [3.8, 4) is 11.5 Å². The van der Waals surface area contributed by atoms with Crippen LogP contribution in [0.3, 0.4) is 0 Å². The van der Waals surface area contributed by atoms with Gasteiger partial charge in [-0.25, -0.2) is 0 Å². The van der Waals surface area contributed by atoms with Crippen molar-refractivity contribution >= 4 is 6.01 Å². The van der Waals surface area contributed by atoms with Crippen molar-refractivity contribution in [2.45, 2.75) is 6.92 Å². The van der Waals surface area contributed by atoms with Gasteiger partial charge in [-0.15, -0.1) is 0 Å². The first kappa shape index (κ1) is 6.97. The number of oxazole rings is 1. The number of hydrogen-bond donors (Lipinski definition) is 1. The van der Waals surface area contributed by atoms with E-state index in [1.165, 1.54) is 6.26 Å². The molecule has 0 aromatic carbocycles. The minimum Gasteiger partial charge on any atom is -0.460 e. The minimum absolute atomic E-state index is 0.152. The molecule has 0 aliphatic heterocycles. The van der Waals surface area contributed by atoms with E-state index in [0.29, 0.717) is 11.5 Å². The van der Waals surface area contributed by atoms with Crippen molar-refractivity contribution < 1.29 is 8.83 Å². The summed E-state index contributed by atoms with van der Waals surface area (Å²) in [5, 5.41) is 0. The van der Waals surface area contributed by atoms with E-state index in [9.17, 15) is 0 Å². The fourth-order valence-electron chi connectivity index (χ4n) is 0.973. The van der Waals surface area contributed by atoms with E-state index in [-0.39, 0.29) is 6.01 Å². The molecule has 2 aromatic rings. The van der Waals surface area contributed by atoms with E-state index >= 15 is 0 Å². The number of anilines is 1. The third-order valence-electron chi connectivity index (χ3n) is 1.51. The number of rotatable bonds is 1. The highest BCUT2D eigenvalue weighted by atomic mass is 16.4. The Hall–Kier alpha value is -1.71. The van der Waals surface area contributed by atoms with Gasteiger partial charge in [0.2, 0.25) is 0 Å². The maximum Gasteiger partial charge on any atom is 0.292 e. The molecule has 0 atom stereocenters. The molecule has 0 bridgehead atoms. The monoisotopic (exact) mass is 164 g/mol. The lowest BCUT2D eigenvalue weighted by Gasteiger charge is -1.85. The Morgan fingerprint density at radius 2 is 2.25 bits per heavy atom. The van der Waals surface area contributed by atoms with Crippen LogP contribution in [0, 0.1) is 6.92 Å². The Morgan fingerprint density at radius 1 is 1.42 bits per heavy atom. The van der Waals surface area contributed by atoms with Crippen molar-refractivity contribution in [1.82, 2.24) is 4.98 Å². The summed E-state index contributed by atoms with van der Waals surface area (Å²) in [6.07, 6.45) is 1.47. The Bertz CT molecular complexity index is 351. The molecule has 0 aliphatic carbocycles. The maximum atomic E-state index is 5.30. The average Bonchev–Trinajstić information content (AvgIpc) is 2.58. The highest BCUT2D eigenvalue weighted by Gasteiger charge is 2.06. The van der Waals surface area contributed by atoms with E-state index in [1.54, 1.807) is 0 Å². The topological polar surface area (TPSA) is 65.2 Å². The molecule has 0 unspecified atom stereocenters. The number of nitrogens with two attached hydrogens (primary N) is 1. The van der Waals surface area contributed by atoms with Gasteiger partial charge in [-0.3, -0.25) is 0 Å². The van der Waals surface area contributed by atoms with Gasteiger partial charge in [0, 0.05) is 0 Å². The number of furan rings is 1. The molecule has 12 heavy (non-hydrogen) atoms. The van der Waals surface area contributed by atoms with E-state index < -0.39 is 0 Å². The van der Waals surface area contributed by atoms with Gasteiger partial charge in [0.15, 0.2) is 5.76 Å². The molecule has 4 nitrogen and oxygen atoms in total. The molecule has 0 saturated carbocycles. The van der Waals surface area contributed by atoms with Crippen LogP contribution in [0.5, 0.6) is 0 Å². The molecule has 0 amide bonds. The Balaban J connectivity index is 2.43. The second kappa shape index (κ2) is 2.41. The van der Waals surface area contributed by atoms with Gasteiger partial charge in [-0.05, 0) is 19.1 Å². The highest BCUT2D eigenvalue weighted by molar-refractivity contribution is 5.51. The molecule has 0 spiro atoms. The van der Waals surface area contributed by atoms with Crippen LogP contribution in [-0.2, 0) is 0 Å². The predicted molar refractivity (Wildman–Crippen MR) is 43.4 cm³/mol. The van der Waals surface area contributed by atoms with E-state index in [1.807, 2.05) is 19.1 Å². The third kappa shape index (κ3) is 1.07. The smallest absolute Gasteiger partial charge is 0.292 e. The molecule has 2 heterocycles. The van der Waals surface area contributed by atoms with Crippen LogP contribution in [0.25, 0.3) is 11.5 Å². The second-order valence-corrected chi connectivity index (χ2v) is 2.48. The van der Waals surface area contributed by atoms with Crippen LogP contribution < -0.4 is 5.73 Å². The van der Waals surface area contributed by atoms with Crippen LogP contribution in [0.15, 0.2) is 27.2 Å². The summed E-state index contributed by atoms with van der Waals surface area (Å²) in [5.41, 5.74) is 5.93. The van der Waals surface area contributed by atoms with Gasteiger partial charge in [0.25, 0.3) is 6.01 Å². The van der Waals surface area contributed by atoms with Crippen LogP contribution in [0.4, 0.5) is 6.01 Å². The van der Waals surface area contributed by atoms with Crippen LogP contribution in [-0.4, -0.2) is 4.98 Å². The van der Waals surface area contributed by atoms with Crippen molar-refractivity contribution in [2.24, 2.45) is 0 Å². The zero-order valence-electron chi connectivity index (χ0n) is 6.57. The molecule has 0 radical (unpaired) electrons. The molecular formula is C8H8N2O2. The quantitative estimate of drug-likeness (QED) is 0.698. The normalized spacial score (nSPS) is 10.4. The largest absolute Gasteiger partial charge is 0.460 e. The molecule has 62 valence electrons. The molecular weight excluding hydrogens is 156 g/mol. The summed E-state index contributed by atoms with van der Waals surface area (Å²) in [5.74, 6) is 1.51. The van der Waals surface area contributed by atoms with Gasteiger partial charge < -0.3 is 14.6 Å². The van der Waals surface area contributed by atoms with Crippen LogP contribution >= 0.6 is 0 Å². The molecule has 2 N–H and O–H groups in total. The van der Waals surface area contributed by atoms with Crippen molar-refractivity contribution in [1.29, 1.82) is 0 Å². The first-order chi connectivity index (χ1) is 5.75. The second-order valence-electron chi connectivity index (χ2n) is 2.48. The summed E-state index contributed by atoms with van der Waals surface area (Å²) in [7, 11) is 0.